The second-order valence-electron chi connectivity index (χ2n) is 5.52. The maximum absolute atomic E-state index is 5.55. The first-order chi connectivity index (χ1) is 11.7. The van der Waals surface area contributed by atoms with Gasteiger partial charge in [-0.15, -0.1) is 24.0 Å². The van der Waals surface area contributed by atoms with Gasteiger partial charge in [-0.05, 0) is 24.5 Å². The van der Waals surface area contributed by atoms with E-state index in [4.69, 9.17) is 4.74 Å². The molecule has 1 aromatic carbocycles. The highest BCUT2D eigenvalue weighted by Crippen LogP contribution is 2.14. The van der Waals surface area contributed by atoms with Crippen LogP contribution in [0, 0.1) is 0 Å². The van der Waals surface area contributed by atoms with Crippen LogP contribution in [0.15, 0.2) is 53.7 Å². The van der Waals surface area contributed by atoms with E-state index in [0.29, 0.717) is 24.9 Å². The molecule has 2 rings (SSSR count). The van der Waals surface area contributed by atoms with Crippen molar-refractivity contribution in [3.63, 3.8) is 0 Å². The fraction of sp³-hybridized carbons (Fsp3) is 0.368. The monoisotopic (exact) mass is 454 g/mol. The molecule has 0 radical (unpaired) electrons. The van der Waals surface area contributed by atoms with Crippen molar-refractivity contribution >= 4 is 29.9 Å². The van der Waals surface area contributed by atoms with E-state index in [9.17, 15) is 0 Å². The normalized spacial score (nSPS) is 12.0. The molecule has 1 unspecified atom stereocenters. The summed E-state index contributed by atoms with van der Waals surface area (Å²) in [6.45, 7) is 6.18. The summed E-state index contributed by atoms with van der Waals surface area (Å²) in [5, 5.41) is 6.68. The zero-order valence-electron chi connectivity index (χ0n) is 15.0. The highest BCUT2D eigenvalue weighted by atomic mass is 127. The maximum Gasteiger partial charge on any atom is 0.218 e. The third-order valence-electron chi connectivity index (χ3n) is 3.75. The Balaban J connectivity index is 0.00000312. The van der Waals surface area contributed by atoms with Gasteiger partial charge in [0.1, 0.15) is 0 Å². The number of hydrogen-bond acceptors (Lipinski definition) is 3. The fourth-order valence-electron chi connectivity index (χ4n) is 2.37. The fourth-order valence-corrected chi connectivity index (χ4v) is 2.37. The minimum Gasteiger partial charge on any atom is -0.478 e. The minimum atomic E-state index is 0. The molecule has 0 amide bonds. The Morgan fingerprint density at radius 3 is 2.60 bits per heavy atom. The van der Waals surface area contributed by atoms with Crippen LogP contribution in [0.5, 0.6) is 5.88 Å². The van der Waals surface area contributed by atoms with Crippen LogP contribution in [0.4, 0.5) is 0 Å². The molecule has 0 aliphatic carbocycles. The molecular weight excluding hydrogens is 427 g/mol. The Bertz CT molecular complexity index is 649. The largest absolute Gasteiger partial charge is 0.478 e. The van der Waals surface area contributed by atoms with Crippen LogP contribution in [0.2, 0.25) is 0 Å². The van der Waals surface area contributed by atoms with Crippen LogP contribution in [0.3, 0.4) is 0 Å². The molecule has 2 aromatic rings. The Morgan fingerprint density at radius 2 is 1.92 bits per heavy atom. The predicted molar refractivity (Wildman–Crippen MR) is 114 cm³/mol. The molecule has 2 N–H and O–H groups in total. The van der Waals surface area contributed by atoms with Crippen molar-refractivity contribution in [3.05, 3.63) is 59.8 Å². The van der Waals surface area contributed by atoms with Gasteiger partial charge in [0, 0.05) is 31.9 Å². The van der Waals surface area contributed by atoms with Crippen LogP contribution in [-0.2, 0) is 6.54 Å². The second kappa shape index (κ2) is 11.7. The molecule has 5 nitrogen and oxygen atoms in total. The van der Waals surface area contributed by atoms with E-state index >= 15 is 0 Å². The van der Waals surface area contributed by atoms with Crippen molar-refractivity contribution in [2.75, 3.05) is 20.2 Å². The van der Waals surface area contributed by atoms with Gasteiger partial charge in [-0.1, -0.05) is 43.3 Å². The number of halogens is 1. The van der Waals surface area contributed by atoms with Crippen LogP contribution in [0.1, 0.15) is 30.9 Å². The summed E-state index contributed by atoms with van der Waals surface area (Å²) in [6, 6.07) is 14.4. The van der Waals surface area contributed by atoms with Crippen LogP contribution < -0.4 is 15.4 Å². The summed E-state index contributed by atoms with van der Waals surface area (Å²) >= 11 is 0. The number of pyridine rings is 1. The Kier molecular flexibility index (Phi) is 9.91. The molecule has 25 heavy (non-hydrogen) atoms. The topological polar surface area (TPSA) is 58.5 Å². The summed E-state index contributed by atoms with van der Waals surface area (Å²) in [7, 11) is 1.77. The van der Waals surface area contributed by atoms with Crippen molar-refractivity contribution in [3.8, 4) is 5.88 Å². The lowest BCUT2D eigenvalue weighted by Gasteiger charge is -2.17. The number of aliphatic imine (C=N–C) groups is 1. The van der Waals surface area contributed by atoms with Gasteiger partial charge in [-0.2, -0.15) is 0 Å². The molecule has 0 spiro atoms. The number of nitrogens with one attached hydrogen (secondary N) is 2. The van der Waals surface area contributed by atoms with Gasteiger partial charge >= 0.3 is 0 Å². The van der Waals surface area contributed by atoms with Gasteiger partial charge in [0.2, 0.25) is 5.88 Å². The van der Waals surface area contributed by atoms with E-state index in [-0.39, 0.29) is 24.0 Å². The van der Waals surface area contributed by atoms with Crippen molar-refractivity contribution < 1.29 is 4.74 Å². The van der Waals surface area contributed by atoms with Gasteiger partial charge in [-0.25, -0.2) is 4.98 Å². The van der Waals surface area contributed by atoms with E-state index in [1.165, 1.54) is 5.56 Å². The number of rotatable bonds is 7. The lowest BCUT2D eigenvalue weighted by atomic mass is 10.0. The van der Waals surface area contributed by atoms with E-state index in [1.807, 2.05) is 25.1 Å². The van der Waals surface area contributed by atoms with E-state index in [0.717, 1.165) is 18.1 Å². The average Bonchev–Trinajstić information content (AvgIpc) is 2.64. The molecule has 0 aliphatic rings. The van der Waals surface area contributed by atoms with Crippen LogP contribution in [-0.4, -0.2) is 31.1 Å². The number of hydrogen-bond donors (Lipinski definition) is 2. The van der Waals surface area contributed by atoms with Gasteiger partial charge in [0.15, 0.2) is 5.96 Å². The summed E-state index contributed by atoms with van der Waals surface area (Å²) in [6.07, 6.45) is 1.74. The number of ether oxygens (including phenoxy) is 1. The minimum absolute atomic E-state index is 0. The smallest absolute Gasteiger partial charge is 0.218 e. The molecule has 6 heteroatoms. The number of nitrogens with zero attached hydrogens (tertiary/aromatic N) is 2. The van der Waals surface area contributed by atoms with Gasteiger partial charge in [-0.3, -0.25) is 4.99 Å². The van der Waals surface area contributed by atoms with Gasteiger partial charge in [0.05, 0.1) is 6.61 Å². The third-order valence-corrected chi connectivity index (χ3v) is 3.75. The SMILES string of the molecule is CCOc1ncccc1CNC(=NC)NCC(C)c1ccccc1.I. The van der Waals surface area contributed by atoms with Crippen molar-refractivity contribution in [2.24, 2.45) is 4.99 Å². The van der Waals surface area contributed by atoms with E-state index in [2.05, 4.69) is 51.8 Å². The number of aromatic nitrogens is 1. The van der Waals surface area contributed by atoms with Crippen LogP contribution >= 0.6 is 24.0 Å². The zero-order chi connectivity index (χ0) is 17.2. The molecule has 0 aliphatic heterocycles. The highest BCUT2D eigenvalue weighted by molar-refractivity contribution is 14.0. The predicted octanol–water partition coefficient (Wildman–Crippen LogP) is 3.57. The molecule has 0 fully saturated rings. The summed E-state index contributed by atoms with van der Waals surface area (Å²) in [5.41, 5.74) is 2.32. The molecule has 136 valence electrons. The lowest BCUT2D eigenvalue weighted by Crippen LogP contribution is -2.38. The third kappa shape index (κ3) is 6.89. The summed E-state index contributed by atoms with van der Waals surface area (Å²) in [5.74, 6) is 1.84. The van der Waals surface area contributed by atoms with E-state index < -0.39 is 0 Å². The summed E-state index contributed by atoms with van der Waals surface area (Å²) < 4.78 is 5.55. The highest BCUT2D eigenvalue weighted by Gasteiger charge is 2.08. The molecule has 0 saturated carbocycles. The second-order valence-corrected chi connectivity index (χ2v) is 5.52. The number of benzene rings is 1. The van der Waals surface area contributed by atoms with Crippen molar-refractivity contribution in [1.82, 2.24) is 15.6 Å². The number of guanidine groups is 1. The Labute approximate surface area is 167 Å². The van der Waals surface area contributed by atoms with Crippen molar-refractivity contribution in [1.29, 1.82) is 0 Å². The Morgan fingerprint density at radius 1 is 1.16 bits per heavy atom. The van der Waals surface area contributed by atoms with E-state index in [1.54, 1.807) is 13.2 Å². The molecule has 1 aromatic heterocycles. The first-order valence-electron chi connectivity index (χ1n) is 8.30. The molecule has 0 bridgehead atoms. The van der Waals surface area contributed by atoms with Gasteiger partial charge < -0.3 is 15.4 Å². The molecule has 1 heterocycles. The quantitative estimate of drug-likeness (QED) is 0.382. The first kappa shape index (κ1) is 21.2. The maximum atomic E-state index is 5.55. The Hall–Kier alpha value is -1.83. The van der Waals surface area contributed by atoms with Crippen molar-refractivity contribution in [2.45, 2.75) is 26.3 Å². The molecule has 0 saturated heterocycles. The first-order valence-corrected chi connectivity index (χ1v) is 8.30. The molecular formula is C19H27IN4O. The molecule has 1 atom stereocenters. The standard InChI is InChI=1S/C19H26N4O.HI/c1-4-24-18-17(11-8-12-21-18)14-23-19(20-3)22-13-15(2)16-9-6-5-7-10-16;/h5-12,15H,4,13-14H2,1-3H3,(H2,20,22,23);1H. The van der Waals surface area contributed by atoms with Crippen LogP contribution in [0.25, 0.3) is 0 Å². The average molecular weight is 454 g/mol. The zero-order valence-corrected chi connectivity index (χ0v) is 17.4. The van der Waals surface area contributed by atoms with Gasteiger partial charge in [0.25, 0.3) is 0 Å². The summed E-state index contributed by atoms with van der Waals surface area (Å²) in [4.78, 5) is 8.54. The lowest BCUT2D eigenvalue weighted by molar-refractivity contribution is 0.322.